The van der Waals surface area contributed by atoms with Gasteiger partial charge in [0.1, 0.15) is 11.2 Å². The molecule has 1 spiro atoms. The number of fused-ring (bicyclic) bond motifs is 2. The van der Waals surface area contributed by atoms with Crippen LogP contribution in [-0.4, -0.2) is 63.5 Å². The summed E-state index contributed by atoms with van der Waals surface area (Å²) in [5, 5.41) is 5.85. The molecule has 202 valence electrons. The lowest BCUT2D eigenvalue weighted by Gasteiger charge is -2.58. The molecule has 2 saturated heterocycles. The third-order valence-electron chi connectivity index (χ3n) is 9.65. The van der Waals surface area contributed by atoms with Crippen molar-refractivity contribution in [3.8, 4) is 11.3 Å². The van der Waals surface area contributed by atoms with Gasteiger partial charge in [-0.3, -0.25) is 4.90 Å². The van der Waals surface area contributed by atoms with Crippen molar-refractivity contribution in [2.75, 3.05) is 24.6 Å². The zero-order valence-electron chi connectivity index (χ0n) is 23.0. The lowest BCUT2D eigenvalue weighted by Crippen LogP contribution is -2.70. The third-order valence-corrected chi connectivity index (χ3v) is 13.1. The highest BCUT2D eigenvalue weighted by atomic mass is 32.2. The standard InChI is InChI=1S/C29H37N5O2S2/c1-16(2)23-24-19(5)26(20-6-8-21(9-7-20)33-11-29(12-33)13-38(35,36)14-29)37-28(24)32-25(23)22-10-34-27(30-15-31-34)18(4)17(22)3/h10,15-16,20-21,32H,6-9,11-14H2,1-5H3. The molecular weight excluding hydrogens is 514 g/mol. The van der Waals surface area contributed by atoms with Crippen molar-refractivity contribution in [3.05, 3.63) is 39.7 Å². The maximum atomic E-state index is 11.7. The maximum absolute atomic E-state index is 11.7. The predicted molar refractivity (Wildman–Crippen MR) is 154 cm³/mol. The van der Waals surface area contributed by atoms with Crippen LogP contribution in [0.1, 0.15) is 78.5 Å². The lowest BCUT2D eigenvalue weighted by atomic mass is 9.77. The van der Waals surface area contributed by atoms with Gasteiger partial charge in [-0.25, -0.2) is 17.9 Å². The molecule has 7 rings (SSSR count). The predicted octanol–water partition coefficient (Wildman–Crippen LogP) is 5.74. The second kappa shape index (κ2) is 8.38. The fourth-order valence-corrected chi connectivity index (χ4v) is 11.3. The molecule has 3 aliphatic rings. The van der Waals surface area contributed by atoms with Gasteiger partial charge in [-0.15, -0.1) is 11.3 Å². The van der Waals surface area contributed by atoms with Gasteiger partial charge in [-0.05, 0) is 80.5 Å². The molecule has 9 heteroatoms. The molecule has 1 saturated carbocycles. The number of thiophene rings is 1. The van der Waals surface area contributed by atoms with Crippen molar-refractivity contribution in [2.24, 2.45) is 5.41 Å². The topological polar surface area (TPSA) is 83.4 Å². The van der Waals surface area contributed by atoms with Gasteiger partial charge in [0.05, 0.1) is 17.2 Å². The first kappa shape index (κ1) is 24.8. The number of likely N-dealkylation sites (tertiary alicyclic amines) is 1. The second-order valence-corrected chi connectivity index (χ2v) is 15.7. The number of aromatic nitrogens is 4. The van der Waals surface area contributed by atoms with Gasteiger partial charge < -0.3 is 4.98 Å². The summed E-state index contributed by atoms with van der Waals surface area (Å²) in [6, 6.07) is 0.626. The van der Waals surface area contributed by atoms with Gasteiger partial charge in [-0.2, -0.15) is 5.10 Å². The van der Waals surface area contributed by atoms with Crippen LogP contribution >= 0.6 is 11.3 Å². The van der Waals surface area contributed by atoms with E-state index in [4.69, 9.17) is 0 Å². The Morgan fingerprint density at radius 2 is 1.76 bits per heavy atom. The van der Waals surface area contributed by atoms with Crippen molar-refractivity contribution in [2.45, 2.75) is 78.2 Å². The largest absolute Gasteiger partial charge is 0.346 e. The third kappa shape index (κ3) is 3.64. The molecule has 0 unspecified atom stereocenters. The van der Waals surface area contributed by atoms with Crippen molar-refractivity contribution < 1.29 is 8.42 Å². The number of nitrogens with zero attached hydrogens (tertiary/aromatic N) is 4. The Morgan fingerprint density at radius 1 is 1.05 bits per heavy atom. The van der Waals surface area contributed by atoms with E-state index in [0.29, 0.717) is 29.4 Å². The first-order chi connectivity index (χ1) is 18.1. The molecule has 0 bridgehead atoms. The number of aryl methyl sites for hydroxylation is 2. The minimum Gasteiger partial charge on any atom is -0.346 e. The molecule has 4 aromatic heterocycles. The molecule has 1 aliphatic carbocycles. The fraction of sp³-hybridized carbons (Fsp3) is 0.586. The summed E-state index contributed by atoms with van der Waals surface area (Å²) in [7, 11) is -2.74. The molecule has 2 aliphatic heterocycles. The number of pyridine rings is 1. The van der Waals surface area contributed by atoms with Crippen molar-refractivity contribution in [3.63, 3.8) is 0 Å². The van der Waals surface area contributed by atoms with E-state index in [1.807, 2.05) is 15.9 Å². The highest BCUT2D eigenvalue weighted by Gasteiger charge is 2.57. The average Bonchev–Trinajstić information content (AvgIpc) is 3.53. The maximum Gasteiger partial charge on any atom is 0.158 e. The number of rotatable bonds is 4. The summed E-state index contributed by atoms with van der Waals surface area (Å²) in [6.07, 6.45) is 8.64. The van der Waals surface area contributed by atoms with Crippen molar-refractivity contribution in [1.82, 2.24) is 24.5 Å². The van der Waals surface area contributed by atoms with E-state index in [-0.39, 0.29) is 5.41 Å². The summed E-state index contributed by atoms with van der Waals surface area (Å²) >= 11 is 1.96. The zero-order chi connectivity index (χ0) is 26.6. The van der Waals surface area contributed by atoms with Crippen LogP contribution in [0.25, 0.3) is 27.1 Å². The number of hydrogen-bond acceptors (Lipinski definition) is 6. The molecule has 0 aromatic carbocycles. The Bertz CT molecular complexity index is 1660. The Balaban J connectivity index is 1.15. The van der Waals surface area contributed by atoms with E-state index in [2.05, 4.69) is 60.8 Å². The van der Waals surface area contributed by atoms with Crippen LogP contribution in [0.3, 0.4) is 0 Å². The highest BCUT2D eigenvalue weighted by Crippen LogP contribution is 2.49. The molecule has 0 atom stereocenters. The minimum atomic E-state index is -2.74. The van der Waals surface area contributed by atoms with Crippen LogP contribution in [-0.2, 0) is 9.84 Å². The lowest BCUT2D eigenvalue weighted by molar-refractivity contribution is -0.0236. The van der Waals surface area contributed by atoms with Crippen LogP contribution < -0.4 is 0 Å². The van der Waals surface area contributed by atoms with Gasteiger partial charge in [0.25, 0.3) is 0 Å². The Labute approximate surface area is 228 Å². The van der Waals surface area contributed by atoms with Crippen LogP contribution in [0.2, 0.25) is 0 Å². The molecule has 3 fully saturated rings. The van der Waals surface area contributed by atoms with Crippen LogP contribution in [0, 0.1) is 26.2 Å². The van der Waals surface area contributed by atoms with Crippen LogP contribution in [0.5, 0.6) is 0 Å². The molecule has 38 heavy (non-hydrogen) atoms. The van der Waals surface area contributed by atoms with Crippen LogP contribution in [0.15, 0.2) is 12.5 Å². The van der Waals surface area contributed by atoms with Gasteiger partial charge in [0, 0.05) is 46.6 Å². The summed E-state index contributed by atoms with van der Waals surface area (Å²) < 4.78 is 25.3. The number of aromatic amines is 1. The Morgan fingerprint density at radius 3 is 2.42 bits per heavy atom. The second-order valence-electron chi connectivity index (χ2n) is 12.6. The smallest absolute Gasteiger partial charge is 0.158 e. The Kier molecular flexibility index (Phi) is 5.47. The molecule has 0 radical (unpaired) electrons. The molecule has 0 amide bonds. The van der Waals surface area contributed by atoms with Gasteiger partial charge in [0.15, 0.2) is 15.5 Å². The van der Waals surface area contributed by atoms with E-state index in [1.54, 1.807) is 11.2 Å². The minimum absolute atomic E-state index is 0.0964. The van der Waals surface area contributed by atoms with E-state index in [1.165, 1.54) is 69.4 Å². The molecule has 4 aromatic rings. The van der Waals surface area contributed by atoms with E-state index in [9.17, 15) is 8.42 Å². The fourth-order valence-electron chi connectivity index (χ4n) is 7.73. The van der Waals surface area contributed by atoms with Crippen molar-refractivity contribution >= 4 is 37.0 Å². The number of H-pyrrole nitrogens is 1. The summed E-state index contributed by atoms with van der Waals surface area (Å²) in [5.74, 6) is 1.85. The highest BCUT2D eigenvalue weighted by molar-refractivity contribution is 7.92. The van der Waals surface area contributed by atoms with Gasteiger partial charge in [-0.1, -0.05) is 13.8 Å². The summed E-state index contributed by atoms with van der Waals surface area (Å²) in [5.41, 5.74) is 8.75. The number of nitrogens with one attached hydrogen (secondary N) is 1. The van der Waals surface area contributed by atoms with Gasteiger partial charge in [0.2, 0.25) is 0 Å². The molecule has 7 nitrogen and oxygen atoms in total. The molecule has 1 N–H and O–H groups in total. The average molecular weight is 552 g/mol. The van der Waals surface area contributed by atoms with E-state index in [0.717, 1.165) is 18.7 Å². The van der Waals surface area contributed by atoms with E-state index >= 15 is 0 Å². The molecular formula is C29H37N5O2S2. The normalized spacial score (nSPS) is 24.9. The monoisotopic (exact) mass is 551 g/mol. The quantitative estimate of drug-likeness (QED) is 0.350. The summed E-state index contributed by atoms with van der Waals surface area (Å²) in [4.78, 5) is 13.7. The van der Waals surface area contributed by atoms with E-state index < -0.39 is 9.84 Å². The molecule has 6 heterocycles. The SMILES string of the molecule is Cc1c(-c2[nH]c3sc(C4CCC(N5CC6(C5)CS(=O)(=O)C6)CC4)c(C)c3c2C(C)C)cn2ncnc2c1C. The van der Waals surface area contributed by atoms with Crippen molar-refractivity contribution in [1.29, 1.82) is 0 Å². The number of sulfone groups is 1. The number of hydrogen-bond donors (Lipinski definition) is 1. The first-order valence-corrected chi connectivity index (χ1v) is 16.6. The van der Waals surface area contributed by atoms with Crippen LogP contribution in [0.4, 0.5) is 0 Å². The first-order valence-electron chi connectivity index (χ1n) is 13.9. The van der Waals surface area contributed by atoms with Gasteiger partial charge >= 0.3 is 0 Å². The Hall–Kier alpha value is -2.23. The zero-order valence-corrected chi connectivity index (χ0v) is 24.6. The summed E-state index contributed by atoms with van der Waals surface area (Å²) in [6.45, 7) is 13.2.